The van der Waals surface area contributed by atoms with E-state index in [0.717, 1.165) is 38.5 Å². The van der Waals surface area contributed by atoms with Gasteiger partial charge in [-0.1, -0.05) is 0 Å². The van der Waals surface area contributed by atoms with Gasteiger partial charge in [0.1, 0.15) is 12.1 Å². The highest BCUT2D eigenvalue weighted by atomic mass is 16.4. The maximum Gasteiger partial charge on any atom is 0.405 e. The Kier molecular flexibility index (Phi) is 3.23. The molecule has 1 saturated heterocycles. The maximum absolute atomic E-state index is 13.5. The molecule has 0 radical (unpaired) electrons. The van der Waals surface area contributed by atoms with E-state index in [9.17, 15) is 25.1 Å². The molecular formula is C19H25N3O4. The molecule has 8 atom stereocenters. The van der Waals surface area contributed by atoms with Crippen LogP contribution in [0.5, 0.6) is 0 Å². The highest BCUT2D eigenvalue weighted by molar-refractivity contribution is 5.88. The molecule has 5 aliphatic carbocycles. The van der Waals surface area contributed by atoms with Crippen LogP contribution in [0.3, 0.4) is 0 Å². The lowest BCUT2D eigenvalue weighted by Gasteiger charge is -2.62. The average Bonchev–Trinajstić information content (AvgIpc) is 3.19. The van der Waals surface area contributed by atoms with Crippen molar-refractivity contribution < 1.29 is 19.8 Å². The van der Waals surface area contributed by atoms with Gasteiger partial charge in [0.15, 0.2) is 0 Å². The third kappa shape index (κ3) is 2.27. The standard InChI is InChI=1S/C19H25N3O4/c20-8-13-2-12-3-14(12)22(13)16(23)15(21-17(24)25)18-4-10-1-11(5-18)7-19(26,6-10)9-18/h10-15,21,26H,1-7,9H2,(H,24,25)/t10-,11?,12+,13-,14-,15+,18+,19-/m0/s1. The second-order valence-electron chi connectivity index (χ2n) is 9.62. The average molecular weight is 359 g/mol. The van der Waals surface area contributed by atoms with Crippen LogP contribution >= 0.6 is 0 Å². The van der Waals surface area contributed by atoms with Crippen LogP contribution in [-0.2, 0) is 4.79 Å². The lowest BCUT2D eigenvalue weighted by Crippen LogP contribution is -2.66. The Bertz CT molecular complexity index is 702. The monoisotopic (exact) mass is 359 g/mol. The summed E-state index contributed by atoms with van der Waals surface area (Å²) >= 11 is 0. The SMILES string of the molecule is N#C[C@@H]1C[C@@H]2C[C@@H]2N1C(=O)[C@@H](NC(=O)O)[C@]12CC3C[C@H](C[C@](O)(C3)C1)C2. The molecule has 2 amide bonds. The molecule has 6 rings (SSSR count). The molecule has 1 heterocycles. The number of carbonyl (C=O) groups excluding carboxylic acids is 1. The molecular weight excluding hydrogens is 334 g/mol. The number of piperidine rings is 1. The first-order valence-corrected chi connectivity index (χ1v) is 9.76. The van der Waals surface area contributed by atoms with E-state index in [4.69, 9.17) is 0 Å². The number of fused-ring (bicyclic) bond motifs is 1. The van der Waals surface area contributed by atoms with Gasteiger partial charge < -0.3 is 20.4 Å². The van der Waals surface area contributed by atoms with Crippen LogP contribution < -0.4 is 5.32 Å². The molecule has 0 aromatic heterocycles. The second kappa shape index (κ2) is 5.13. The van der Waals surface area contributed by atoms with Gasteiger partial charge in [-0.25, -0.2) is 4.79 Å². The van der Waals surface area contributed by atoms with Crippen molar-refractivity contribution in [2.45, 2.75) is 75.1 Å². The zero-order chi connectivity index (χ0) is 18.3. The van der Waals surface area contributed by atoms with Crippen LogP contribution in [0.2, 0.25) is 0 Å². The van der Waals surface area contributed by atoms with E-state index in [1.54, 1.807) is 4.90 Å². The molecule has 1 aliphatic heterocycles. The van der Waals surface area contributed by atoms with Crippen molar-refractivity contribution in [1.29, 1.82) is 5.26 Å². The Morgan fingerprint density at radius 1 is 1.15 bits per heavy atom. The molecule has 6 aliphatic rings. The summed E-state index contributed by atoms with van der Waals surface area (Å²) in [4.78, 5) is 26.7. The minimum absolute atomic E-state index is 0.0993. The Labute approximate surface area is 152 Å². The number of carboxylic acid groups (broad SMARTS) is 1. The summed E-state index contributed by atoms with van der Waals surface area (Å²) < 4.78 is 0. The second-order valence-corrected chi connectivity index (χ2v) is 9.62. The molecule has 4 bridgehead atoms. The number of nitrogens with one attached hydrogen (secondary N) is 1. The molecule has 7 heteroatoms. The Morgan fingerprint density at radius 2 is 1.85 bits per heavy atom. The summed E-state index contributed by atoms with van der Waals surface area (Å²) in [5, 5.41) is 32.4. The predicted octanol–water partition coefficient (Wildman–Crippen LogP) is 1.47. The van der Waals surface area contributed by atoms with Gasteiger partial charge in [0.05, 0.1) is 11.7 Å². The molecule has 1 unspecified atom stereocenters. The number of nitrogens with zero attached hydrogens (tertiary/aromatic N) is 2. The summed E-state index contributed by atoms with van der Waals surface area (Å²) in [5.41, 5.74) is -1.27. The number of amides is 2. The lowest BCUT2D eigenvalue weighted by molar-refractivity contribution is -0.180. The van der Waals surface area contributed by atoms with Gasteiger partial charge in [-0.3, -0.25) is 4.79 Å². The normalized spacial score (nSPS) is 48.6. The molecule has 7 nitrogen and oxygen atoms in total. The highest BCUT2D eigenvalue weighted by Gasteiger charge is 2.63. The smallest absolute Gasteiger partial charge is 0.405 e. The quantitative estimate of drug-likeness (QED) is 0.706. The molecule has 6 fully saturated rings. The van der Waals surface area contributed by atoms with Crippen LogP contribution in [0.4, 0.5) is 4.79 Å². The van der Waals surface area contributed by atoms with Crippen molar-refractivity contribution in [2.24, 2.45) is 23.2 Å². The van der Waals surface area contributed by atoms with Crippen LogP contribution in [0.15, 0.2) is 0 Å². The Balaban J connectivity index is 1.49. The first-order chi connectivity index (χ1) is 12.3. The van der Waals surface area contributed by atoms with Crippen LogP contribution in [0.1, 0.15) is 51.4 Å². The molecule has 0 spiro atoms. The number of aliphatic hydroxyl groups is 1. The number of likely N-dealkylation sites (tertiary alicyclic amines) is 1. The van der Waals surface area contributed by atoms with E-state index in [2.05, 4.69) is 11.4 Å². The summed E-state index contributed by atoms with van der Waals surface area (Å²) in [6.07, 6.45) is 5.12. The van der Waals surface area contributed by atoms with E-state index in [-0.39, 0.29) is 11.9 Å². The third-order valence-corrected chi connectivity index (χ3v) is 7.71. The van der Waals surface area contributed by atoms with Crippen molar-refractivity contribution >= 4 is 12.0 Å². The van der Waals surface area contributed by atoms with Crippen molar-refractivity contribution in [3.05, 3.63) is 0 Å². The Morgan fingerprint density at radius 3 is 2.42 bits per heavy atom. The van der Waals surface area contributed by atoms with Gasteiger partial charge in [-0.2, -0.15) is 5.26 Å². The van der Waals surface area contributed by atoms with Crippen LogP contribution in [0, 0.1) is 34.5 Å². The van der Waals surface area contributed by atoms with Gasteiger partial charge in [0.25, 0.3) is 0 Å². The first kappa shape index (κ1) is 16.4. The fourth-order valence-corrected chi connectivity index (χ4v) is 7.26. The number of carbonyl (C=O) groups is 2. The van der Waals surface area contributed by atoms with E-state index in [1.807, 2.05) is 0 Å². The summed E-state index contributed by atoms with van der Waals surface area (Å²) in [7, 11) is 0. The van der Waals surface area contributed by atoms with Crippen molar-refractivity contribution in [1.82, 2.24) is 10.2 Å². The van der Waals surface area contributed by atoms with Gasteiger partial charge in [0.2, 0.25) is 5.91 Å². The van der Waals surface area contributed by atoms with E-state index in [0.29, 0.717) is 30.6 Å². The van der Waals surface area contributed by atoms with Gasteiger partial charge in [-0.15, -0.1) is 0 Å². The van der Waals surface area contributed by atoms with E-state index >= 15 is 0 Å². The van der Waals surface area contributed by atoms with Gasteiger partial charge >= 0.3 is 6.09 Å². The fraction of sp³-hybridized carbons (Fsp3) is 0.842. The van der Waals surface area contributed by atoms with Crippen LogP contribution in [0.25, 0.3) is 0 Å². The fourth-order valence-electron chi connectivity index (χ4n) is 7.26. The molecule has 26 heavy (non-hydrogen) atoms. The number of nitriles is 1. The number of hydrogen-bond donors (Lipinski definition) is 3. The molecule has 5 saturated carbocycles. The molecule has 140 valence electrons. The van der Waals surface area contributed by atoms with Gasteiger partial charge in [-0.05, 0) is 69.1 Å². The minimum Gasteiger partial charge on any atom is -0.465 e. The lowest BCUT2D eigenvalue weighted by atomic mass is 9.46. The molecule has 0 aromatic carbocycles. The molecule has 0 aromatic rings. The number of rotatable bonds is 3. The minimum atomic E-state index is -1.20. The maximum atomic E-state index is 13.5. The first-order valence-electron chi connectivity index (χ1n) is 9.76. The topological polar surface area (TPSA) is 114 Å². The summed E-state index contributed by atoms with van der Waals surface area (Å²) in [6, 6.07) is 1.03. The van der Waals surface area contributed by atoms with Crippen molar-refractivity contribution in [2.75, 3.05) is 0 Å². The summed E-state index contributed by atoms with van der Waals surface area (Å²) in [5.74, 6) is 0.890. The van der Waals surface area contributed by atoms with Crippen molar-refractivity contribution in [3.63, 3.8) is 0 Å². The van der Waals surface area contributed by atoms with E-state index in [1.165, 1.54) is 0 Å². The van der Waals surface area contributed by atoms with Gasteiger partial charge in [0, 0.05) is 11.5 Å². The largest absolute Gasteiger partial charge is 0.465 e. The zero-order valence-electron chi connectivity index (χ0n) is 14.7. The summed E-state index contributed by atoms with van der Waals surface area (Å²) in [6.45, 7) is 0. The van der Waals surface area contributed by atoms with Crippen LogP contribution in [-0.4, -0.2) is 50.8 Å². The number of hydrogen-bond acceptors (Lipinski definition) is 4. The third-order valence-electron chi connectivity index (χ3n) is 7.71. The molecule has 3 N–H and O–H groups in total. The predicted molar refractivity (Wildman–Crippen MR) is 89.8 cm³/mol. The Hall–Kier alpha value is -1.81. The highest BCUT2D eigenvalue weighted by Crippen LogP contribution is 2.63. The van der Waals surface area contributed by atoms with E-state index < -0.39 is 29.2 Å². The van der Waals surface area contributed by atoms with Crippen molar-refractivity contribution in [3.8, 4) is 6.07 Å². The zero-order valence-corrected chi connectivity index (χ0v) is 14.7.